The highest BCUT2D eigenvalue weighted by molar-refractivity contribution is 9.10. The van der Waals surface area contributed by atoms with Crippen molar-refractivity contribution in [1.82, 2.24) is 5.32 Å². The third kappa shape index (κ3) is 11.7. The Bertz CT molecular complexity index is 2100. The zero-order chi connectivity index (χ0) is 42.1. The number of hydrogen-bond donors (Lipinski definition) is 1. The molecule has 58 heavy (non-hydrogen) atoms. The molecule has 8 nitrogen and oxygen atoms in total. The highest BCUT2D eigenvalue weighted by Gasteiger charge is 2.50. The van der Waals surface area contributed by atoms with Gasteiger partial charge in [-0.2, -0.15) is 0 Å². The van der Waals surface area contributed by atoms with E-state index in [-0.39, 0.29) is 18.1 Å². The monoisotopic (exact) mass is 905 g/mol. The molecule has 0 aromatic heterocycles. The summed E-state index contributed by atoms with van der Waals surface area (Å²) in [7, 11) is -1.66. The molecule has 1 unspecified atom stereocenters. The van der Waals surface area contributed by atoms with Gasteiger partial charge >= 0.3 is 12.1 Å². The van der Waals surface area contributed by atoms with Crippen LogP contribution in [0.25, 0.3) is 0 Å². The second-order valence-electron chi connectivity index (χ2n) is 15.9. The van der Waals surface area contributed by atoms with Crippen LogP contribution in [0.1, 0.15) is 64.3 Å². The molecule has 1 amide bonds. The van der Waals surface area contributed by atoms with Crippen molar-refractivity contribution < 1.29 is 33.0 Å². The summed E-state index contributed by atoms with van der Waals surface area (Å²) < 4.78 is 31.4. The normalized spacial score (nSPS) is 12.9. The Morgan fingerprint density at radius 2 is 1.36 bits per heavy atom. The zero-order valence-electron chi connectivity index (χ0n) is 33.8. The molecule has 1 N–H and O–H groups in total. The molecule has 5 rings (SSSR count). The molecule has 2 atom stereocenters. The third-order valence-electron chi connectivity index (χ3n) is 9.39. The molecule has 0 fully saturated rings. The first kappa shape index (κ1) is 44.8. The lowest BCUT2D eigenvalue weighted by Gasteiger charge is -2.43. The topological polar surface area (TPSA) is 92.3 Å². The lowest BCUT2D eigenvalue weighted by Crippen LogP contribution is -2.66. The van der Waals surface area contributed by atoms with Crippen molar-refractivity contribution in [3.05, 3.63) is 153 Å². The van der Waals surface area contributed by atoms with Gasteiger partial charge < -0.3 is 28.7 Å². The number of esters is 1. The van der Waals surface area contributed by atoms with Gasteiger partial charge in [-0.15, -0.1) is 0 Å². The van der Waals surface area contributed by atoms with Crippen LogP contribution in [0.4, 0.5) is 4.79 Å². The van der Waals surface area contributed by atoms with E-state index in [1.165, 1.54) is 7.11 Å². The van der Waals surface area contributed by atoms with E-state index in [2.05, 4.69) is 90.5 Å². The average molecular weight is 908 g/mol. The molecule has 5 aromatic rings. The molecule has 0 aliphatic rings. The maximum atomic E-state index is 12.7. The predicted octanol–water partition coefficient (Wildman–Crippen LogP) is 10.6. The Balaban J connectivity index is 1.46. The summed E-state index contributed by atoms with van der Waals surface area (Å²) in [4.78, 5) is 25.3. The highest BCUT2D eigenvalue weighted by Crippen LogP contribution is 2.39. The number of ether oxygens (including phenoxy) is 4. The largest absolute Gasteiger partial charge is 0.489 e. The number of alkyl carbamates (subject to hydrolysis) is 1. The van der Waals surface area contributed by atoms with Crippen LogP contribution in [0.5, 0.6) is 11.5 Å². The lowest BCUT2D eigenvalue weighted by atomic mass is 10.1. The number of benzene rings is 5. The van der Waals surface area contributed by atoms with Gasteiger partial charge in [-0.25, -0.2) is 9.59 Å². The summed E-state index contributed by atoms with van der Waals surface area (Å²) in [5.74, 6) is 0.647. The number of rotatable bonds is 15. The van der Waals surface area contributed by atoms with E-state index in [1.54, 1.807) is 32.9 Å². The fourth-order valence-electron chi connectivity index (χ4n) is 6.68. The minimum Gasteiger partial charge on any atom is -0.489 e. The van der Waals surface area contributed by atoms with E-state index in [0.29, 0.717) is 32.6 Å². The number of methoxy groups -OCH3 is 1. The van der Waals surface area contributed by atoms with E-state index in [0.717, 1.165) is 27.1 Å². The van der Waals surface area contributed by atoms with Crippen molar-refractivity contribution in [3.63, 3.8) is 0 Å². The molecular weight excluding hydrogens is 857 g/mol. The van der Waals surface area contributed by atoms with Crippen LogP contribution in [0, 0.1) is 0 Å². The van der Waals surface area contributed by atoms with Gasteiger partial charge in [-0.3, -0.25) is 0 Å². The smallest absolute Gasteiger partial charge is 0.408 e. The van der Waals surface area contributed by atoms with Gasteiger partial charge in [0.05, 0.1) is 28.2 Å². The molecule has 0 heterocycles. The third-order valence-corrected chi connectivity index (χ3v) is 15.8. The molecule has 0 spiro atoms. The molecule has 0 aliphatic heterocycles. The van der Waals surface area contributed by atoms with E-state index >= 15 is 0 Å². The Morgan fingerprint density at radius 3 is 1.90 bits per heavy atom. The minimum atomic E-state index is -2.94. The van der Waals surface area contributed by atoms with Crippen molar-refractivity contribution in [2.75, 3.05) is 13.7 Å². The number of halogens is 3. The molecule has 0 saturated carbocycles. The fourth-order valence-corrected chi connectivity index (χ4v) is 12.1. The van der Waals surface area contributed by atoms with Gasteiger partial charge in [0, 0.05) is 6.42 Å². The number of carbonyl (C=O) groups excluding carboxylic acids is 2. The van der Waals surface area contributed by atoms with Crippen LogP contribution in [-0.2, 0) is 31.7 Å². The summed E-state index contributed by atoms with van der Waals surface area (Å²) in [6.07, 6.45) is -1.10. The maximum absolute atomic E-state index is 12.7. The summed E-state index contributed by atoms with van der Waals surface area (Å²) in [5.41, 5.74) is 1.80. The summed E-state index contributed by atoms with van der Waals surface area (Å²) >= 11 is 16.1. The lowest BCUT2D eigenvalue weighted by molar-refractivity contribution is -0.143. The maximum Gasteiger partial charge on any atom is 0.408 e. The quantitative estimate of drug-likeness (QED) is 0.0826. The molecule has 0 aliphatic carbocycles. The highest BCUT2D eigenvalue weighted by atomic mass is 79.9. The summed E-state index contributed by atoms with van der Waals surface area (Å²) in [6, 6.07) is 38.7. The second kappa shape index (κ2) is 19.6. The van der Waals surface area contributed by atoms with E-state index in [1.807, 2.05) is 60.7 Å². The van der Waals surface area contributed by atoms with Gasteiger partial charge in [0.2, 0.25) is 0 Å². The van der Waals surface area contributed by atoms with E-state index < -0.39 is 38.1 Å². The van der Waals surface area contributed by atoms with Crippen LogP contribution in [0.2, 0.25) is 15.1 Å². The molecule has 0 bridgehead atoms. The van der Waals surface area contributed by atoms with E-state index in [9.17, 15) is 9.59 Å². The van der Waals surface area contributed by atoms with Crippen LogP contribution < -0.4 is 25.2 Å². The molecule has 0 saturated heterocycles. The average Bonchev–Trinajstić information content (AvgIpc) is 3.18. The number of nitrogens with one attached hydrogen (secondary N) is 1. The predicted molar refractivity (Wildman–Crippen MR) is 237 cm³/mol. The molecule has 12 heteroatoms. The number of amides is 1. The first-order chi connectivity index (χ1) is 27.5. The molecule has 306 valence electrons. The zero-order valence-corrected chi connectivity index (χ0v) is 37.9. The van der Waals surface area contributed by atoms with Gasteiger partial charge in [-0.05, 0) is 105 Å². The number of hydrogen-bond acceptors (Lipinski definition) is 7. The first-order valence-corrected chi connectivity index (χ1v) is 22.4. The summed E-state index contributed by atoms with van der Waals surface area (Å²) in [6.45, 7) is 12.5. The van der Waals surface area contributed by atoms with Crippen molar-refractivity contribution in [3.8, 4) is 11.5 Å². The van der Waals surface area contributed by atoms with Crippen LogP contribution in [-0.4, -0.2) is 45.7 Å². The molecule has 5 aromatic carbocycles. The van der Waals surface area contributed by atoms with Crippen molar-refractivity contribution in [2.24, 2.45) is 0 Å². The minimum absolute atomic E-state index is 0.162. The van der Waals surface area contributed by atoms with Gasteiger partial charge in [0.1, 0.15) is 35.9 Å². The standard InChI is InChI=1S/C46H50BrCl2NO7Si/c1-45(2,3)57-44(52)50-40(43(51)53-7)28-31-19-25-41(37(47)26-31)56-42(33-20-22-34(23-21-33)54-29-32-18-24-38(48)39(49)27-32)30-55-58(46(4,5)6,35-14-10-8-11-15-35)36-16-12-9-13-17-36/h8-27,40,42H,28-30H2,1-7H3,(H,50,52)/t40-,42?/m0/s1. The Kier molecular flexibility index (Phi) is 15.1. The molecule has 0 radical (unpaired) electrons. The first-order valence-electron chi connectivity index (χ1n) is 18.9. The van der Waals surface area contributed by atoms with Gasteiger partial charge in [-0.1, -0.05) is 129 Å². The fraction of sp³-hybridized carbons (Fsp3) is 0.304. The van der Waals surface area contributed by atoms with Crippen molar-refractivity contribution in [1.29, 1.82) is 0 Å². The van der Waals surface area contributed by atoms with Crippen LogP contribution in [0.3, 0.4) is 0 Å². The van der Waals surface area contributed by atoms with E-state index in [4.69, 9.17) is 46.6 Å². The van der Waals surface area contributed by atoms with Crippen LogP contribution >= 0.6 is 39.1 Å². The number of carbonyl (C=O) groups is 2. The van der Waals surface area contributed by atoms with Crippen LogP contribution in [0.15, 0.2) is 126 Å². The summed E-state index contributed by atoms with van der Waals surface area (Å²) in [5, 5.41) is 5.66. The van der Waals surface area contributed by atoms with Gasteiger partial charge in [0.25, 0.3) is 8.32 Å². The Hall–Kier alpha value is -4.32. The SMILES string of the molecule is COC(=O)[C@H](Cc1ccc(OC(CO[Si](c2ccccc2)(c2ccccc2)C(C)(C)C)c2ccc(OCc3ccc(Cl)c(Cl)c3)cc2)c(Br)c1)NC(=O)OC(C)(C)C. The molecular formula is C46H50BrCl2NO7Si. The Labute approximate surface area is 361 Å². The Morgan fingerprint density at radius 1 is 0.759 bits per heavy atom. The van der Waals surface area contributed by atoms with Gasteiger partial charge in [0.15, 0.2) is 0 Å². The second-order valence-corrected chi connectivity index (χ2v) is 21.9. The van der Waals surface area contributed by atoms with Crippen molar-refractivity contribution >= 4 is 69.9 Å². The van der Waals surface area contributed by atoms with Crippen molar-refractivity contribution in [2.45, 2.75) is 77.4 Å².